The van der Waals surface area contributed by atoms with E-state index in [1.54, 1.807) is 30.3 Å². The molecule has 2 N–H and O–H groups in total. The minimum atomic E-state index is -0.372. The lowest BCUT2D eigenvalue weighted by molar-refractivity contribution is -0.124. The first-order valence-electron chi connectivity index (χ1n) is 8.89. The van der Waals surface area contributed by atoms with Crippen LogP contribution in [0.15, 0.2) is 60.7 Å². The van der Waals surface area contributed by atoms with Gasteiger partial charge in [0.05, 0.1) is 5.52 Å². The second-order valence-electron chi connectivity index (χ2n) is 6.41. The molecular weight excluding hydrogens is 342 g/mol. The number of fused-ring (bicyclic) bond motifs is 1. The molecule has 0 radical (unpaired) electrons. The van der Waals surface area contributed by atoms with Gasteiger partial charge in [-0.2, -0.15) is 0 Å². The fourth-order valence-corrected chi connectivity index (χ4v) is 3.03. The van der Waals surface area contributed by atoms with Crippen molar-refractivity contribution in [2.75, 3.05) is 17.2 Å². The zero-order valence-electron chi connectivity index (χ0n) is 14.6. The number of aromatic nitrogens is 1. The molecule has 1 unspecified atom stereocenters. The van der Waals surface area contributed by atoms with E-state index in [0.29, 0.717) is 23.7 Å². The van der Waals surface area contributed by atoms with Crippen molar-refractivity contribution < 1.29 is 14.3 Å². The van der Waals surface area contributed by atoms with Crippen LogP contribution in [-0.2, 0) is 9.53 Å². The van der Waals surface area contributed by atoms with E-state index in [-0.39, 0.29) is 17.9 Å². The van der Waals surface area contributed by atoms with E-state index < -0.39 is 0 Å². The van der Waals surface area contributed by atoms with E-state index in [9.17, 15) is 9.59 Å². The molecule has 1 aromatic heterocycles. The number of hydrogen-bond acceptors (Lipinski definition) is 4. The first-order chi connectivity index (χ1) is 13.2. The molecule has 0 bridgehead atoms. The molecule has 2 heterocycles. The van der Waals surface area contributed by atoms with Crippen LogP contribution in [0.2, 0.25) is 0 Å². The molecule has 1 saturated heterocycles. The Morgan fingerprint density at radius 3 is 2.41 bits per heavy atom. The normalized spacial score (nSPS) is 16.2. The fraction of sp³-hybridized carbons (Fsp3) is 0.190. The zero-order valence-corrected chi connectivity index (χ0v) is 14.6. The van der Waals surface area contributed by atoms with Gasteiger partial charge in [0.1, 0.15) is 11.8 Å². The summed E-state index contributed by atoms with van der Waals surface area (Å²) >= 11 is 0. The Hall–Kier alpha value is -3.25. The van der Waals surface area contributed by atoms with Crippen molar-refractivity contribution in [3.63, 3.8) is 0 Å². The van der Waals surface area contributed by atoms with Gasteiger partial charge < -0.3 is 15.4 Å². The predicted octanol–water partition coefficient (Wildman–Crippen LogP) is 3.60. The van der Waals surface area contributed by atoms with Gasteiger partial charge in [0.25, 0.3) is 11.8 Å². The predicted molar refractivity (Wildman–Crippen MR) is 104 cm³/mol. The molecule has 4 rings (SSSR count). The van der Waals surface area contributed by atoms with Gasteiger partial charge in [-0.25, -0.2) is 4.98 Å². The Morgan fingerprint density at radius 1 is 0.926 bits per heavy atom. The van der Waals surface area contributed by atoms with Crippen LogP contribution in [0, 0.1) is 0 Å². The van der Waals surface area contributed by atoms with Crippen LogP contribution in [0.25, 0.3) is 10.9 Å². The lowest BCUT2D eigenvalue weighted by Gasteiger charge is -2.11. The maximum Gasteiger partial charge on any atom is 0.274 e. The van der Waals surface area contributed by atoms with E-state index in [4.69, 9.17) is 4.74 Å². The minimum absolute atomic E-state index is 0.135. The average molecular weight is 361 g/mol. The number of nitrogens with one attached hydrogen (secondary N) is 2. The molecule has 1 atom stereocenters. The number of hydrogen-bond donors (Lipinski definition) is 2. The fourth-order valence-electron chi connectivity index (χ4n) is 3.03. The summed E-state index contributed by atoms with van der Waals surface area (Å²) in [6.07, 6.45) is 1.29. The van der Waals surface area contributed by atoms with Gasteiger partial charge in [0.2, 0.25) is 0 Å². The average Bonchev–Trinajstić information content (AvgIpc) is 3.24. The molecule has 0 spiro atoms. The number of carbonyl (C=O) groups excluding carboxylic acids is 2. The molecular formula is C21H19N3O3. The van der Waals surface area contributed by atoms with Crippen LogP contribution in [-0.4, -0.2) is 29.5 Å². The number of benzene rings is 2. The third kappa shape index (κ3) is 3.96. The summed E-state index contributed by atoms with van der Waals surface area (Å²) in [5.41, 5.74) is 2.42. The lowest BCUT2D eigenvalue weighted by atomic mass is 10.2. The van der Waals surface area contributed by atoms with Gasteiger partial charge in [0.15, 0.2) is 0 Å². The number of para-hydroxylation sites is 1. The van der Waals surface area contributed by atoms with Crippen molar-refractivity contribution in [1.82, 2.24) is 4.98 Å². The van der Waals surface area contributed by atoms with Crippen LogP contribution in [0.3, 0.4) is 0 Å². The van der Waals surface area contributed by atoms with Crippen molar-refractivity contribution in [3.05, 3.63) is 66.4 Å². The second kappa shape index (κ2) is 7.55. The van der Waals surface area contributed by atoms with E-state index in [0.717, 1.165) is 23.7 Å². The Balaban J connectivity index is 1.41. The monoisotopic (exact) mass is 361 g/mol. The van der Waals surface area contributed by atoms with Gasteiger partial charge in [-0.1, -0.05) is 24.3 Å². The van der Waals surface area contributed by atoms with Crippen LogP contribution in [0.1, 0.15) is 23.3 Å². The van der Waals surface area contributed by atoms with Crippen molar-refractivity contribution in [3.8, 4) is 0 Å². The standard InChI is InChI=1S/C21H19N3O3/c25-20(18-12-7-14-4-1-2-5-17(14)24-18)22-15-8-10-16(11-9-15)23-21(26)19-6-3-13-27-19/h1-2,4-5,7-12,19H,3,6,13H2,(H,22,25)(H,23,26). The highest BCUT2D eigenvalue weighted by molar-refractivity contribution is 6.04. The molecule has 27 heavy (non-hydrogen) atoms. The smallest absolute Gasteiger partial charge is 0.274 e. The topological polar surface area (TPSA) is 80.3 Å². The first-order valence-corrected chi connectivity index (χ1v) is 8.89. The molecule has 1 fully saturated rings. The molecule has 0 aliphatic carbocycles. The highest BCUT2D eigenvalue weighted by atomic mass is 16.5. The highest BCUT2D eigenvalue weighted by Gasteiger charge is 2.23. The van der Waals surface area contributed by atoms with E-state index >= 15 is 0 Å². The molecule has 1 aliphatic rings. The number of rotatable bonds is 4. The number of nitrogens with zero attached hydrogens (tertiary/aromatic N) is 1. The SMILES string of the molecule is O=C(Nc1ccc(NC(=O)C2CCCO2)cc1)c1ccc2ccccc2n1. The maximum atomic E-state index is 12.4. The Kier molecular flexibility index (Phi) is 4.80. The van der Waals surface area contributed by atoms with Gasteiger partial charge in [0, 0.05) is 23.4 Å². The van der Waals surface area contributed by atoms with Crippen molar-refractivity contribution >= 4 is 34.1 Å². The summed E-state index contributed by atoms with van der Waals surface area (Å²) in [7, 11) is 0. The second-order valence-corrected chi connectivity index (χ2v) is 6.41. The number of amides is 2. The third-order valence-electron chi connectivity index (χ3n) is 4.46. The summed E-state index contributed by atoms with van der Waals surface area (Å²) in [4.78, 5) is 28.9. The summed E-state index contributed by atoms with van der Waals surface area (Å²) in [5.74, 6) is -0.415. The number of pyridine rings is 1. The quantitative estimate of drug-likeness (QED) is 0.744. The van der Waals surface area contributed by atoms with Crippen LogP contribution in [0.5, 0.6) is 0 Å². The van der Waals surface area contributed by atoms with E-state index in [1.165, 1.54) is 0 Å². The Bertz CT molecular complexity index is 979. The van der Waals surface area contributed by atoms with Crippen molar-refractivity contribution in [1.29, 1.82) is 0 Å². The number of carbonyl (C=O) groups is 2. The Labute approximate surface area is 156 Å². The minimum Gasteiger partial charge on any atom is -0.368 e. The zero-order chi connectivity index (χ0) is 18.6. The summed E-state index contributed by atoms with van der Waals surface area (Å²) in [6, 6.07) is 18.2. The van der Waals surface area contributed by atoms with Crippen LogP contribution in [0.4, 0.5) is 11.4 Å². The Morgan fingerprint density at radius 2 is 1.67 bits per heavy atom. The van der Waals surface area contributed by atoms with E-state index in [1.807, 2.05) is 30.3 Å². The van der Waals surface area contributed by atoms with Crippen LogP contribution >= 0.6 is 0 Å². The van der Waals surface area contributed by atoms with Crippen molar-refractivity contribution in [2.24, 2.45) is 0 Å². The summed E-state index contributed by atoms with van der Waals surface area (Å²) < 4.78 is 5.37. The first kappa shape index (κ1) is 17.2. The van der Waals surface area contributed by atoms with Gasteiger partial charge in [-0.3, -0.25) is 9.59 Å². The van der Waals surface area contributed by atoms with Crippen LogP contribution < -0.4 is 10.6 Å². The lowest BCUT2D eigenvalue weighted by Crippen LogP contribution is -2.26. The molecule has 0 saturated carbocycles. The number of ether oxygens (including phenoxy) is 1. The van der Waals surface area contributed by atoms with E-state index in [2.05, 4.69) is 15.6 Å². The molecule has 6 nitrogen and oxygen atoms in total. The molecule has 1 aliphatic heterocycles. The maximum absolute atomic E-state index is 12.4. The largest absolute Gasteiger partial charge is 0.368 e. The van der Waals surface area contributed by atoms with Crippen molar-refractivity contribution in [2.45, 2.75) is 18.9 Å². The molecule has 3 aromatic rings. The highest BCUT2D eigenvalue weighted by Crippen LogP contribution is 2.18. The molecule has 136 valence electrons. The molecule has 6 heteroatoms. The summed E-state index contributed by atoms with van der Waals surface area (Å²) in [6.45, 7) is 0.631. The third-order valence-corrected chi connectivity index (χ3v) is 4.46. The van der Waals surface area contributed by atoms with Gasteiger partial charge in [-0.05, 0) is 49.2 Å². The summed E-state index contributed by atoms with van der Waals surface area (Å²) in [5, 5.41) is 6.63. The molecule has 2 amide bonds. The van der Waals surface area contributed by atoms with Gasteiger partial charge in [-0.15, -0.1) is 0 Å². The number of anilines is 2. The molecule has 2 aromatic carbocycles. The van der Waals surface area contributed by atoms with Gasteiger partial charge >= 0.3 is 0 Å².